The average Bonchev–Trinajstić information content (AvgIpc) is 3.20. The number of fused-ring (bicyclic) bond motifs is 1. The lowest BCUT2D eigenvalue weighted by Gasteiger charge is -2.10. The molecule has 11 heteroatoms. The SMILES string of the molecule is CN(C)S(=O)(=O)c1ccc2c(c1)nc(CCC(=O)Nc1ncn[nH]1)n2C. The first-order valence-corrected chi connectivity index (χ1v) is 9.26. The lowest BCUT2D eigenvalue weighted by molar-refractivity contribution is -0.116. The molecule has 0 aliphatic rings. The van der Waals surface area contributed by atoms with Gasteiger partial charge in [-0.25, -0.2) is 22.8 Å². The van der Waals surface area contributed by atoms with E-state index in [1.807, 2.05) is 11.6 Å². The highest BCUT2D eigenvalue weighted by Crippen LogP contribution is 2.21. The van der Waals surface area contributed by atoms with E-state index in [0.717, 1.165) is 9.82 Å². The number of benzene rings is 1. The number of aromatic nitrogens is 5. The molecule has 0 spiro atoms. The normalized spacial score (nSPS) is 12.0. The van der Waals surface area contributed by atoms with E-state index in [1.165, 1.54) is 20.4 Å². The van der Waals surface area contributed by atoms with Crippen molar-refractivity contribution in [3.8, 4) is 0 Å². The molecule has 0 fully saturated rings. The van der Waals surface area contributed by atoms with Crippen LogP contribution in [0.1, 0.15) is 12.2 Å². The smallest absolute Gasteiger partial charge is 0.242 e. The first kappa shape index (κ1) is 18.0. The number of aryl methyl sites for hydroxylation is 2. The molecular weight excluding hydrogens is 358 g/mol. The summed E-state index contributed by atoms with van der Waals surface area (Å²) in [5, 5.41) is 8.81. The van der Waals surface area contributed by atoms with Gasteiger partial charge in [0.05, 0.1) is 15.9 Å². The molecule has 1 amide bonds. The molecule has 0 aliphatic heterocycles. The standard InChI is InChI=1S/C15H19N7O3S/c1-21(2)26(24,25)10-4-5-12-11(8-10)18-13(22(12)3)6-7-14(23)19-15-16-9-17-20-15/h4-5,8-9H,6-7H2,1-3H3,(H2,16,17,19,20,23). The molecule has 0 saturated heterocycles. The monoisotopic (exact) mass is 377 g/mol. The average molecular weight is 377 g/mol. The Kier molecular flexibility index (Phi) is 4.74. The molecule has 3 aromatic rings. The summed E-state index contributed by atoms with van der Waals surface area (Å²) in [5.74, 6) is 0.760. The van der Waals surface area contributed by atoms with Crippen LogP contribution in [-0.4, -0.2) is 57.5 Å². The maximum absolute atomic E-state index is 12.3. The lowest BCUT2D eigenvalue weighted by Crippen LogP contribution is -2.22. The molecule has 0 bridgehead atoms. The number of nitrogens with one attached hydrogen (secondary N) is 2. The maximum Gasteiger partial charge on any atom is 0.242 e. The van der Waals surface area contributed by atoms with Crippen LogP contribution >= 0.6 is 0 Å². The van der Waals surface area contributed by atoms with Gasteiger partial charge >= 0.3 is 0 Å². The van der Waals surface area contributed by atoms with Crippen molar-refractivity contribution in [1.29, 1.82) is 0 Å². The van der Waals surface area contributed by atoms with Gasteiger partial charge in [0, 0.05) is 34.0 Å². The molecule has 0 aliphatic carbocycles. The molecule has 2 aromatic heterocycles. The summed E-state index contributed by atoms with van der Waals surface area (Å²) in [4.78, 5) is 20.4. The Morgan fingerprint density at radius 3 is 2.77 bits per heavy atom. The summed E-state index contributed by atoms with van der Waals surface area (Å²) in [5.41, 5.74) is 1.37. The fourth-order valence-electron chi connectivity index (χ4n) is 2.51. The Morgan fingerprint density at radius 1 is 1.35 bits per heavy atom. The molecule has 2 heterocycles. The fraction of sp³-hybridized carbons (Fsp3) is 0.333. The summed E-state index contributed by atoms with van der Waals surface area (Å²) in [6.45, 7) is 0. The van der Waals surface area contributed by atoms with Crippen LogP contribution in [0.25, 0.3) is 11.0 Å². The number of hydrogen-bond acceptors (Lipinski definition) is 6. The highest BCUT2D eigenvalue weighted by Gasteiger charge is 2.19. The van der Waals surface area contributed by atoms with Crippen LogP contribution in [0.3, 0.4) is 0 Å². The third-order valence-electron chi connectivity index (χ3n) is 3.97. The van der Waals surface area contributed by atoms with Crippen molar-refractivity contribution in [2.75, 3.05) is 19.4 Å². The van der Waals surface area contributed by atoms with E-state index in [1.54, 1.807) is 18.2 Å². The van der Waals surface area contributed by atoms with Crippen LogP contribution in [0.15, 0.2) is 29.4 Å². The number of sulfonamides is 1. The molecule has 0 saturated carbocycles. The van der Waals surface area contributed by atoms with E-state index >= 15 is 0 Å². The zero-order chi connectivity index (χ0) is 18.9. The molecule has 0 radical (unpaired) electrons. The molecule has 138 valence electrons. The Bertz CT molecular complexity index is 1040. The zero-order valence-electron chi connectivity index (χ0n) is 14.6. The van der Waals surface area contributed by atoms with Crippen molar-refractivity contribution in [3.05, 3.63) is 30.4 Å². The van der Waals surface area contributed by atoms with Gasteiger partial charge < -0.3 is 4.57 Å². The Labute approximate surface area is 150 Å². The number of carbonyl (C=O) groups is 1. The van der Waals surface area contributed by atoms with Crippen molar-refractivity contribution < 1.29 is 13.2 Å². The number of anilines is 1. The fourth-order valence-corrected chi connectivity index (χ4v) is 3.43. The van der Waals surface area contributed by atoms with Crippen molar-refractivity contribution in [1.82, 2.24) is 29.0 Å². The topological polar surface area (TPSA) is 126 Å². The number of rotatable bonds is 6. The molecule has 10 nitrogen and oxygen atoms in total. The second-order valence-electron chi connectivity index (χ2n) is 5.91. The third-order valence-corrected chi connectivity index (χ3v) is 5.78. The van der Waals surface area contributed by atoms with E-state index in [0.29, 0.717) is 23.7 Å². The first-order chi connectivity index (χ1) is 12.3. The number of imidazole rings is 1. The molecule has 26 heavy (non-hydrogen) atoms. The van der Waals surface area contributed by atoms with Gasteiger partial charge in [-0.05, 0) is 18.2 Å². The van der Waals surface area contributed by atoms with Gasteiger partial charge in [0.15, 0.2) is 0 Å². The number of hydrogen-bond donors (Lipinski definition) is 2. The number of H-pyrrole nitrogens is 1. The van der Waals surface area contributed by atoms with Gasteiger partial charge in [-0.15, -0.1) is 0 Å². The second kappa shape index (κ2) is 6.84. The third kappa shape index (κ3) is 3.44. The van der Waals surface area contributed by atoms with Gasteiger partial charge in [-0.1, -0.05) is 0 Å². The van der Waals surface area contributed by atoms with E-state index < -0.39 is 10.0 Å². The summed E-state index contributed by atoms with van der Waals surface area (Å²) < 4.78 is 27.5. The van der Waals surface area contributed by atoms with Gasteiger partial charge in [0.1, 0.15) is 12.2 Å². The predicted molar refractivity (Wildman–Crippen MR) is 94.9 cm³/mol. The first-order valence-electron chi connectivity index (χ1n) is 7.82. The van der Waals surface area contributed by atoms with Crippen molar-refractivity contribution >= 4 is 32.9 Å². The maximum atomic E-state index is 12.3. The lowest BCUT2D eigenvalue weighted by atomic mass is 10.3. The molecule has 2 N–H and O–H groups in total. The van der Waals surface area contributed by atoms with Crippen LogP contribution in [-0.2, 0) is 28.3 Å². The summed E-state index contributed by atoms with van der Waals surface area (Å²) >= 11 is 0. The molecular formula is C15H19N7O3S. The van der Waals surface area contributed by atoms with Crippen LogP contribution in [0.4, 0.5) is 5.95 Å². The number of aromatic amines is 1. The summed E-state index contributed by atoms with van der Waals surface area (Å²) in [6.07, 6.45) is 1.92. The largest absolute Gasteiger partial charge is 0.331 e. The Hall–Kier alpha value is -2.79. The van der Waals surface area contributed by atoms with Crippen molar-refractivity contribution in [2.24, 2.45) is 7.05 Å². The van der Waals surface area contributed by atoms with Crippen molar-refractivity contribution in [2.45, 2.75) is 17.7 Å². The van der Waals surface area contributed by atoms with E-state index in [2.05, 4.69) is 25.5 Å². The van der Waals surface area contributed by atoms with Crippen LogP contribution in [0.2, 0.25) is 0 Å². The van der Waals surface area contributed by atoms with Crippen molar-refractivity contribution in [3.63, 3.8) is 0 Å². The van der Waals surface area contributed by atoms with E-state index in [-0.39, 0.29) is 17.2 Å². The zero-order valence-corrected chi connectivity index (χ0v) is 15.4. The Balaban J connectivity index is 1.79. The highest BCUT2D eigenvalue weighted by atomic mass is 32.2. The molecule has 1 aromatic carbocycles. The number of amides is 1. The van der Waals surface area contributed by atoms with Crippen LogP contribution in [0.5, 0.6) is 0 Å². The minimum absolute atomic E-state index is 0.183. The summed E-state index contributed by atoms with van der Waals surface area (Å²) in [6, 6.07) is 4.82. The van der Waals surface area contributed by atoms with Crippen LogP contribution in [0, 0.1) is 0 Å². The van der Waals surface area contributed by atoms with Gasteiger partial charge in [0.25, 0.3) is 0 Å². The van der Waals surface area contributed by atoms with Crippen LogP contribution < -0.4 is 5.32 Å². The number of carbonyl (C=O) groups excluding carboxylic acids is 1. The van der Waals surface area contributed by atoms with E-state index in [9.17, 15) is 13.2 Å². The predicted octanol–water partition coefficient (Wildman–Crippen LogP) is 0.513. The van der Waals surface area contributed by atoms with Gasteiger partial charge in [-0.2, -0.15) is 10.1 Å². The van der Waals surface area contributed by atoms with E-state index in [4.69, 9.17) is 0 Å². The highest BCUT2D eigenvalue weighted by molar-refractivity contribution is 7.89. The minimum Gasteiger partial charge on any atom is -0.331 e. The number of nitrogens with zero attached hydrogens (tertiary/aromatic N) is 5. The second-order valence-corrected chi connectivity index (χ2v) is 8.06. The van der Waals surface area contributed by atoms with Gasteiger partial charge in [-0.3, -0.25) is 10.1 Å². The van der Waals surface area contributed by atoms with Gasteiger partial charge in [0.2, 0.25) is 21.9 Å². The quantitative estimate of drug-likeness (QED) is 0.645. The summed E-state index contributed by atoms with van der Waals surface area (Å²) in [7, 11) is 1.27. The molecule has 3 rings (SSSR count). The Morgan fingerprint density at radius 2 is 2.12 bits per heavy atom. The molecule has 0 atom stereocenters. The minimum atomic E-state index is -3.52. The molecule has 0 unspecified atom stereocenters.